The molecule has 0 unspecified atom stereocenters. The van der Waals surface area contributed by atoms with Gasteiger partial charge in [-0.25, -0.2) is 4.98 Å². The molecule has 11 heteroatoms. The van der Waals surface area contributed by atoms with E-state index >= 15 is 0 Å². The molecular formula is C19H19BrF3N3O4. The molecule has 0 bridgehead atoms. The van der Waals surface area contributed by atoms with Gasteiger partial charge in [-0.2, -0.15) is 13.2 Å². The Balaban J connectivity index is 1.90. The molecule has 2 aromatic rings. The smallest absolute Gasteiger partial charge is 0.417 e. The quantitative estimate of drug-likeness (QED) is 0.630. The number of carbonyl (C=O) groups excluding carboxylic acids is 2. The van der Waals surface area contributed by atoms with Crippen LogP contribution in [-0.4, -0.2) is 35.6 Å². The summed E-state index contributed by atoms with van der Waals surface area (Å²) in [5, 5.41) is 2.47. The Morgan fingerprint density at radius 2 is 2.10 bits per heavy atom. The third-order valence-corrected chi connectivity index (χ3v) is 5.10. The first-order chi connectivity index (χ1) is 14.0. The topological polar surface area (TPSA) is 84.7 Å². The van der Waals surface area contributed by atoms with Crippen molar-refractivity contribution in [1.29, 1.82) is 0 Å². The number of rotatable bonds is 4. The fraction of sp³-hybridized carbons (Fsp3) is 0.421. The van der Waals surface area contributed by atoms with Gasteiger partial charge < -0.3 is 19.4 Å². The van der Waals surface area contributed by atoms with E-state index in [0.717, 1.165) is 12.3 Å². The van der Waals surface area contributed by atoms with Gasteiger partial charge in [0, 0.05) is 38.5 Å². The van der Waals surface area contributed by atoms with Crippen LogP contribution in [-0.2, 0) is 15.7 Å². The highest BCUT2D eigenvalue weighted by Crippen LogP contribution is 2.36. The number of anilines is 2. The molecule has 1 saturated heterocycles. The monoisotopic (exact) mass is 489 g/mol. The lowest BCUT2D eigenvalue weighted by molar-refractivity contribution is -0.147. The van der Waals surface area contributed by atoms with Crippen LogP contribution in [0.15, 0.2) is 33.5 Å². The van der Waals surface area contributed by atoms with Gasteiger partial charge in [-0.3, -0.25) is 9.59 Å². The molecule has 2 atom stereocenters. The summed E-state index contributed by atoms with van der Waals surface area (Å²) in [5.41, 5.74) is -1.07. The Bertz CT molecular complexity index is 947. The molecule has 3 heterocycles. The minimum Gasteiger partial charge on any atom is -0.462 e. The maximum atomic E-state index is 13.2. The third kappa shape index (κ3) is 5.13. The van der Waals surface area contributed by atoms with E-state index in [1.807, 2.05) is 6.92 Å². The van der Waals surface area contributed by atoms with Crippen LogP contribution in [0.4, 0.5) is 24.7 Å². The van der Waals surface area contributed by atoms with E-state index in [1.165, 1.54) is 19.1 Å². The fourth-order valence-electron chi connectivity index (χ4n) is 3.34. The largest absolute Gasteiger partial charge is 0.462 e. The molecule has 30 heavy (non-hydrogen) atoms. The number of aromatic nitrogens is 1. The zero-order valence-electron chi connectivity index (χ0n) is 16.1. The number of hydrogen-bond donors (Lipinski definition) is 1. The first kappa shape index (κ1) is 22.1. The fourth-order valence-corrected chi connectivity index (χ4v) is 3.65. The second-order valence-electron chi connectivity index (χ2n) is 6.95. The molecule has 0 aliphatic carbocycles. The molecule has 1 fully saturated rings. The van der Waals surface area contributed by atoms with Gasteiger partial charge in [0.25, 0.3) is 5.91 Å². The van der Waals surface area contributed by atoms with E-state index in [9.17, 15) is 22.8 Å². The first-order valence-corrected chi connectivity index (χ1v) is 9.91. The number of alkyl halides is 3. The number of esters is 1. The summed E-state index contributed by atoms with van der Waals surface area (Å²) >= 11 is 3.08. The van der Waals surface area contributed by atoms with Crippen LogP contribution >= 0.6 is 15.9 Å². The van der Waals surface area contributed by atoms with Gasteiger partial charge in [-0.05, 0) is 41.1 Å². The number of halogens is 4. The summed E-state index contributed by atoms with van der Waals surface area (Å²) in [6.07, 6.45) is -3.18. The SMILES string of the molecule is CC(=O)O[C@H]1CCN(c2ncc(C(F)(F)F)cc2NC(=O)c2ccc(Br)o2)[C@H](C)C1. The maximum Gasteiger partial charge on any atom is 0.417 e. The predicted octanol–water partition coefficient (Wildman–Crippen LogP) is 4.63. The molecule has 7 nitrogen and oxygen atoms in total. The highest BCUT2D eigenvalue weighted by molar-refractivity contribution is 9.10. The van der Waals surface area contributed by atoms with Gasteiger partial charge in [-0.15, -0.1) is 0 Å². The molecule has 162 valence electrons. The van der Waals surface area contributed by atoms with Crippen molar-refractivity contribution in [2.24, 2.45) is 0 Å². The van der Waals surface area contributed by atoms with Crippen LogP contribution in [0.25, 0.3) is 0 Å². The van der Waals surface area contributed by atoms with Crippen molar-refractivity contribution in [1.82, 2.24) is 4.98 Å². The Labute approximate surface area is 178 Å². The number of pyridine rings is 1. The van der Waals surface area contributed by atoms with Crippen molar-refractivity contribution < 1.29 is 31.9 Å². The van der Waals surface area contributed by atoms with Gasteiger partial charge in [0.2, 0.25) is 0 Å². The highest BCUT2D eigenvalue weighted by atomic mass is 79.9. The van der Waals surface area contributed by atoms with Crippen molar-refractivity contribution in [3.05, 3.63) is 40.4 Å². The summed E-state index contributed by atoms with van der Waals surface area (Å²) in [5.74, 6) is -0.945. The molecule has 0 radical (unpaired) electrons. The van der Waals surface area contributed by atoms with E-state index in [2.05, 4.69) is 26.2 Å². The van der Waals surface area contributed by atoms with Crippen molar-refractivity contribution in [3.63, 3.8) is 0 Å². The van der Waals surface area contributed by atoms with Gasteiger partial charge in [0.1, 0.15) is 6.10 Å². The zero-order valence-corrected chi connectivity index (χ0v) is 17.7. The summed E-state index contributed by atoms with van der Waals surface area (Å²) in [6, 6.07) is 3.57. The van der Waals surface area contributed by atoms with E-state index in [1.54, 1.807) is 4.90 Å². The lowest BCUT2D eigenvalue weighted by Gasteiger charge is -2.38. The molecule has 0 aromatic carbocycles. The minimum absolute atomic E-state index is 0.0631. The van der Waals surface area contributed by atoms with Gasteiger partial charge in [0.05, 0.1) is 11.3 Å². The second-order valence-corrected chi connectivity index (χ2v) is 7.73. The van der Waals surface area contributed by atoms with Crippen molar-refractivity contribution >= 4 is 39.3 Å². The lowest BCUT2D eigenvalue weighted by Crippen LogP contribution is -2.44. The molecule has 1 N–H and O–H groups in total. The standard InChI is InChI=1S/C19H19BrF3N3O4/c1-10-7-13(29-11(2)27)5-6-26(10)17-14(8-12(9-24-17)19(21,22)23)25-18(28)15-3-4-16(20)30-15/h3-4,8-10,13H,5-7H2,1-2H3,(H,25,28)/t10-,13+/m1/s1. The highest BCUT2D eigenvalue weighted by Gasteiger charge is 2.34. The number of furan rings is 1. The molecule has 0 spiro atoms. The van der Waals surface area contributed by atoms with E-state index < -0.39 is 17.6 Å². The zero-order chi connectivity index (χ0) is 22.1. The van der Waals surface area contributed by atoms with E-state index in [0.29, 0.717) is 24.1 Å². The van der Waals surface area contributed by atoms with Crippen molar-refractivity contribution in [3.8, 4) is 0 Å². The number of piperidine rings is 1. The second kappa shape index (κ2) is 8.66. The number of nitrogens with one attached hydrogen (secondary N) is 1. The molecule has 1 amide bonds. The third-order valence-electron chi connectivity index (χ3n) is 4.67. The van der Waals surface area contributed by atoms with Crippen LogP contribution in [0.5, 0.6) is 0 Å². The van der Waals surface area contributed by atoms with Crippen LogP contribution in [0.2, 0.25) is 0 Å². The minimum atomic E-state index is -4.62. The summed E-state index contributed by atoms with van der Waals surface area (Å²) in [4.78, 5) is 29.5. The number of nitrogens with zero attached hydrogens (tertiary/aromatic N) is 2. The number of amides is 1. The Morgan fingerprint density at radius 3 is 2.67 bits per heavy atom. The van der Waals surface area contributed by atoms with Crippen LogP contribution in [0.3, 0.4) is 0 Å². The van der Waals surface area contributed by atoms with E-state index in [4.69, 9.17) is 9.15 Å². The van der Waals surface area contributed by atoms with Crippen molar-refractivity contribution in [2.45, 2.75) is 45.0 Å². The van der Waals surface area contributed by atoms with Crippen LogP contribution in [0, 0.1) is 0 Å². The Morgan fingerprint density at radius 1 is 1.37 bits per heavy atom. The van der Waals surface area contributed by atoms with E-state index in [-0.39, 0.29) is 35.4 Å². The molecular weight excluding hydrogens is 471 g/mol. The molecule has 1 aliphatic heterocycles. The maximum absolute atomic E-state index is 13.2. The molecule has 1 aliphatic rings. The number of carbonyl (C=O) groups is 2. The number of hydrogen-bond acceptors (Lipinski definition) is 6. The average molecular weight is 490 g/mol. The lowest BCUT2D eigenvalue weighted by atomic mass is 10.00. The summed E-state index contributed by atoms with van der Waals surface area (Å²) in [6.45, 7) is 3.58. The summed E-state index contributed by atoms with van der Waals surface area (Å²) < 4.78 is 50.4. The normalized spacial score (nSPS) is 19.5. The average Bonchev–Trinajstić information content (AvgIpc) is 3.07. The first-order valence-electron chi connectivity index (χ1n) is 9.12. The molecule has 0 saturated carbocycles. The predicted molar refractivity (Wildman–Crippen MR) is 105 cm³/mol. The molecule has 2 aromatic heterocycles. The Kier molecular flexibility index (Phi) is 6.39. The number of ether oxygens (including phenoxy) is 1. The summed E-state index contributed by atoms with van der Waals surface area (Å²) in [7, 11) is 0. The van der Waals surface area contributed by atoms with Gasteiger partial charge in [0.15, 0.2) is 16.2 Å². The Hall–Kier alpha value is -2.56. The van der Waals surface area contributed by atoms with Gasteiger partial charge in [-0.1, -0.05) is 0 Å². The molecule has 3 rings (SSSR count). The van der Waals surface area contributed by atoms with Crippen LogP contribution in [0.1, 0.15) is 42.8 Å². The van der Waals surface area contributed by atoms with Crippen molar-refractivity contribution in [2.75, 3.05) is 16.8 Å². The van der Waals surface area contributed by atoms with Gasteiger partial charge >= 0.3 is 12.1 Å². The van der Waals surface area contributed by atoms with Crippen LogP contribution < -0.4 is 10.2 Å².